The summed E-state index contributed by atoms with van der Waals surface area (Å²) in [4.78, 5) is 12.5. The molecule has 0 unspecified atom stereocenters. The Bertz CT molecular complexity index is 414. The van der Waals surface area contributed by atoms with Crippen LogP contribution in [-0.4, -0.2) is 24.2 Å². The SMILES string of the molecule is O=C(O)CCc1ccc(F)c(N2CCCC2)c1. The Morgan fingerprint density at radius 1 is 1.35 bits per heavy atom. The average Bonchev–Trinajstić information content (AvgIpc) is 2.81. The largest absolute Gasteiger partial charge is 0.481 e. The number of carboxylic acid groups (broad SMARTS) is 1. The molecule has 1 N–H and O–H groups in total. The first-order valence-corrected chi connectivity index (χ1v) is 5.92. The normalized spacial score (nSPS) is 15.2. The number of nitrogens with zero attached hydrogens (tertiary/aromatic N) is 1. The van der Waals surface area contributed by atoms with E-state index < -0.39 is 5.97 Å². The molecule has 1 heterocycles. The minimum atomic E-state index is -0.822. The van der Waals surface area contributed by atoms with Crippen molar-refractivity contribution in [1.82, 2.24) is 0 Å². The summed E-state index contributed by atoms with van der Waals surface area (Å²) in [6.45, 7) is 1.78. The lowest BCUT2D eigenvalue weighted by molar-refractivity contribution is -0.136. The highest BCUT2D eigenvalue weighted by atomic mass is 19.1. The molecule has 0 saturated carbocycles. The molecular weight excluding hydrogens is 221 g/mol. The van der Waals surface area contributed by atoms with Crippen LogP contribution < -0.4 is 4.90 Å². The van der Waals surface area contributed by atoms with Crippen LogP contribution in [0.25, 0.3) is 0 Å². The molecule has 0 radical (unpaired) electrons. The Morgan fingerprint density at radius 3 is 2.71 bits per heavy atom. The zero-order valence-corrected chi connectivity index (χ0v) is 9.66. The summed E-state index contributed by atoms with van der Waals surface area (Å²) >= 11 is 0. The van der Waals surface area contributed by atoms with Crippen molar-refractivity contribution in [2.24, 2.45) is 0 Å². The smallest absolute Gasteiger partial charge is 0.303 e. The van der Waals surface area contributed by atoms with Gasteiger partial charge in [-0.2, -0.15) is 0 Å². The fourth-order valence-electron chi connectivity index (χ4n) is 2.17. The molecule has 17 heavy (non-hydrogen) atoms. The lowest BCUT2D eigenvalue weighted by Gasteiger charge is -2.19. The summed E-state index contributed by atoms with van der Waals surface area (Å²) in [6.07, 6.45) is 2.74. The summed E-state index contributed by atoms with van der Waals surface area (Å²) < 4.78 is 13.7. The Labute approximate surface area is 99.9 Å². The molecule has 3 nitrogen and oxygen atoms in total. The highest BCUT2D eigenvalue weighted by Crippen LogP contribution is 2.25. The van der Waals surface area contributed by atoms with Crippen LogP contribution in [0.2, 0.25) is 0 Å². The van der Waals surface area contributed by atoms with Gasteiger partial charge in [0.15, 0.2) is 0 Å². The lowest BCUT2D eigenvalue weighted by atomic mass is 10.1. The third-order valence-corrected chi connectivity index (χ3v) is 3.08. The van der Waals surface area contributed by atoms with Crippen LogP contribution in [0.4, 0.5) is 10.1 Å². The predicted octanol–water partition coefficient (Wildman–Crippen LogP) is 2.44. The minimum Gasteiger partial charge on any atom is -0.481 e. The van der Waals surface area contributed by atoms with Crippen LogP contribution in [0.5, 0.6) is 0 Å². The number of aryl methyl sites for hydroxylation is 1. The van der Waals surface area contributed by atoms with Crippen molar-refractivity contribution in [3.8, 4) is 0 Å². The molecule has 0 atom stereocenters. The molecule has 4 heteroatoms. The number of benzene rings is 1. The van der Waals surface area contributed by atoms with E-state index in [0.717, 1.165) is 31.5 Å². The number of hydrogen-bond donors (Lipinski definition) is 1. The molecule has 1 saturated heterocycles. The van der Waals surface area contributed by atoms with Crippen molar-refractivity contribution in [3.05, 3.63) is 29.6 Å². The van der Waals surface area contributed by atoms with E-state index in [9.17, 15) is 9.18 Å². The molecule has 1 aliphatic heterocycles. The van der Waals surface area contributed by atoms with E-state index in [1.807, 2.05) is 4.90 Å². The molecule has 1 aliphatic rings. The van der Waals surface area contributed by atoms with Crippen molar-refractivity contribution < 1.29 is 14.3 Å². The molecule has 92 valence electrons. The van der Waals surface area contributed by atoms with Gasteiger partial charge in [0.2, 0.25) is 0 Å². The van der Waals surface area contributed by atoms with Gasteiger partial charge in [0.05, 0.1) is 5.69 Å². The molecule has 1 aromatic rings. The second kappa shape index (κ2) is 5.17. The molecular formula is C13H16FNO2. The van der Waals surface area contributed by atoms with Gasteiger partial charge in [0.1, 0.15) is 5.82 Å². The first-order chi connectivity index (χ1) is 8.16. The van der Waals surface area contributed by atoms with Crippen LogP contribution in [-0.2, 0) is 11.2 Å². The van der Waals surface area contributed by atoms with Crippen molar-refractivity contribution in [3.63, 3.8) is 0 Å². The molecule has 0 aliphatic carbocycles. The van der Waals surface area contributed by atoms with Crippen molar-refractivity contribution in [2.45, 2.75) is 25.7 Å². The van der Waals surface area contributed by atoms with Crippen LogP contribution in [0.3, 0.4) is 0 Å². The highest BCUT2D eigenvalue weighted by Gasteiger charge is 2.16. The first-order valence-electron chi connectivity index (χ1n) is 5.92. The van der Waals surface area contributed by atoms with E-state index in [2.05, 4.69) is 0 Å². The van der Waals surface area contributed by atoms with Gasteiger partial charge in [-0.15, -0.1) is 0 Å². The van der Waals surface area contributed by atoms with Crippen molar-refractivity contribution >= 4 is 11.7 Å². The monoisotopic (exact) mass is 237 g/mol. The Morgan fingerprint density at radius 2 is 2.06 bits per heavy atom. The van der Waals surface area contributed by atoms with Crippen LogP contribution in [0.1, 0.15) is 24.8 Å². The zero-order chi connectivity index (χ0) is 12.3. The quantitative estimate of drug-likeness (QED) is 0.874. The number of rotatable bonds is 4. The van der Waals surface area contributed by atoms with Crippen LogP contribution in [0.15, 0.2) is 18.2 Å². The summed E-state index contributed by atoms with van der Waals surface area (Å²) in [5, 5.41) is 8.63. The molecule has 0 aromatic heterocycles. The number of carboxylic acids is 1. The Hall–Kier alpha value is -1.58. The number of halogens is 1. The summed E-state index contributed by atoms with van der Waals surface area (Å²) in [7, 11) is 0. The van der Waals surface area contributed by atoms with E-state index in [4.69, 9.17) is 5.11 Å². The van der Waals surface area contributed by atoms with Gasteiger partial charge < -0.3 is 10.0 Å². The van der Waals surface area contributed by atoms with Gasteiger partial charge in [-0.05, 0) is 37.0 Å². The number of anilines is 1. The second-order valence-corrected chi connectivity index (χ2v) is 4.37. The Balaban J connectivity index is 2.13. The fraction of sp³-hybridized carbons (Fsp3) is 0.462. The van der Waals surface area contributed by atoms with Gasteiger partial charge in [-0.25, -0.2) is 4.39 Å². The number of hydrogen-bond acceptors (Lipinski definition) is 2. The topological polar surface area (TPSA) is 40.5 Å². The van der Waals surface area contributed by atoms with Gasteiger partial charge in [-0.3, -0.25) is 4.79 Å². The maximum absolute atomic E-state index is 13.7. The summed E-state index contributed by atoms with van der Waals surface area (Å²) in [6, 6.07) is 4.88. The molecule has 2 rings (SSSR count). The van der Waals surface area contributed by atoms with E-state index in [-0.39, 0.29) is 12.2 Å². The minimum absolute atomic E-state index is 0.0884. The molecule has 0 spiro atoms. The molecule has 1 fully saturated rings. The third kappa shape index (κ3) is 2.96. The van der Waals surface area contributed by atoms with Crippen LogP contribution >= 0.6 is 0 Å². The number of aliphatic carboxylic acids is 1. The second-order valence-electron chi connectivity index (χ2n) is 4.37. The van der Waals surface area contributed by atoms with E-state index in [0.29, 0.717) is 12.1 Å². The van der Waals surface area contributed by atoms with Gasteiger partial charge >= 0.3 is 5.97 Å². The highest BCUT2D eigenvalue weighted by molar-refractivity contribution is 5.67. The molecule has 0 bridgehead atoms. The third-order valence-electron chi connectivity index (χ3n) is 3.08. The van der Waals surface area contributed by atoms with E-state index in [1.54, 1.807) is 12.1 Å². The van der Waals surface area contributed by atoms with E-state index in [1.165, 1.54) is 6.07 Å². The summed E-state index contributed by atoms with van der Waals surface area (Å²) in [5.41, 5.74) is 1.50. The molecule has 1 aromatic carbocycles. The van der Waals surface area contributed by atoms with Gasteiger partial charge in [-0.1, -0.05) is 6.07 Å². The first kappa shape index (κ1) is 11.9. The van der Waals surface area contributed by atoms with Gasteiger partial charge in [0.25, 0.3) is 0 Å². The maximum Gasteiger partial charge on any atom is 0.303 e. The fourth-order valence-corrected chi connectivity index (χ4v) is 2.17. The standard InChI is InChI=1S/C13H16FNO2/c14-11-5-3-10(4-6-13(16)17)9-12(11)15-7-1-2-8-15/h3,5,9H,1-2,4,6-8H2,(H,16,17). The predicted molar refractivity (Wildman–Crippen MR) is 63.8 cm³/mol. The molecule has 0 amide bonds. The summed E-state index contributed by atoms with van der Waals surface area (Å²) in [5.74, 6) is -1.04. The van der Waals surface area contributed by atoms with E-state index >= 15 is 0 Å². The Kier molecular flexibility index (Phi) is 3.61. The maximum atomic E-state index is 13.7. The van der Waals surface area contributed by atoms with Crippen molar-refractivity contribution in [1.29, 1.82) is 0 Å². The van der Waals surface area contributed by atoms with Crippen molar-refractivity contribution in [2.75, 3.05) is 18.0 Å². The number of carbonyl (C=O) groups is 1. The van der Waals surface area contributed by atoms with Gasteiger partial charge in [0, 0.05) is 19.5 Å². The van der Waals surface area contributed by atoms with Crippen LogP contribution in [0, 0.1) is 5.82 Å². The zero-order valence-electron chi connectivity index (χ0n) is 9.66. The lowest BCUT2D eigenvalue weighted by Crippen LogP contribution is -2.19. The average molecular weight is 237 g/mol.